The van der Waals surface area contributed by atoms with E-state index in [1.807, 2.05) is 0 Å². The molecule has 5 aliphatic rings. The van der Waals surface area contributed by atoms with Crippen LogP contribution in [0.15, 0.2) is 0 Å². The molecule has 0 spiro atoms. The molecule has 0 bridgehead atoms. The summed E-state index contributed by atoms with van der Waals surface area (Å²) in [4.78, 5) is 53.8. The molecule has 2 aliphatic heterocycles. The number of aliphatic hydroxyl groups excluding tert-OH is 1. The van der Waals surface area contributed by atoms with Crippen molar-refractivity contribution in [3.63, 3.8) is 0 Å². The van der Waals surface area contributed by atoms with Gasteiger partial charge in [-0.25, -0.2) is 9.59 Å². The molecule has 0 aromatic carbocycles. The normalized spacial score (nSPS) is 41.8. The second kappa shape index (κ2) is 10.4. The predicted molar refractivity (Wildman–Crippen MR) is 132 cm³/mol. The van der Waals surface area contributed by atoms with Crippen LogP contribution in [0.3, 0.4) is 0 Å². The van der Waals surface area contributed by atoms with Gasteiger partial charge in [-0.15, -0.1) is 0 Å². The molecule has 3 amide bonds. The molecule has 3 N–H and O–H groups in total. The van der Waals surface area contributed by atoms with E-state index in [0.29, 0.717) is 30.6 Å². The van der Waals surface area contributed by atoms with E-state index < -0.39 is 47.6 Å². The molecule has 10 nitrogen and oxygen atoms in total. The van der Waals surface area contributed by atoms with Crippen LogP contribution in [0.4, 0.5) is 4.79 Å². The molecule has 3 aliphatic carbocycles. The first kappa shape index (κ1) is 26.3. The Balaban J connectivity index is 1.29. The third-order valence-corrected chi connectivity index (χ3v) is 9.60. The van der Waals surface area contributed by atoms with Crippen LogP contribution in [0.25, 0.3) is 0 Å². The molecule has 2 saturated heterocycles. The van der Waals surface area contributed by atoms with Gasteiger partial charge in [0.25, 0.3) is 0 Å². The Morgan fingerprint density at radius 1 is 1.05 bits per heavy atom. The lowest BCUT2D eigenvalue weighted by atomic mass is 10.0. The highest BCUT2D eigenvalue weighted by atomic mass is 16.6. The Morgan fingerprint density at radius 3 is 2.43 bits per heavy atom. The van der Waals surface area contributed by atoms with Crippen molar-refractivity contribution < 1.29 is 33.8 Å². The monoisotopic (exact) mass is 519 g/mol. The van der Waals surface area contributed by atoms with E-state index in [9.17, 15) is 24.3 Å². The minimum Gasteiger partial charge on any atom is -0.467 e. The molecule has 10 heteroatoms. The fraction of sp³-hybridized carbons (Fsp3) is 0.852. The number of nitrogens with zero attached hydrogens (tertiary/aromatic N) is 1. The van der Waals surface area contributed by atoms with Crippen molar-refractivity contribution >= 4 is 23.9 Å². The molecule has 0 aromatic rings. The number of hydrogen-bond acceptors (Lipinski definition) is 7. The van der Waals surface area contributed by atoms with Crippen LogP contribution in [0.5, 0.6) is 0 Å². The maximum absolute atomic E-state index is 13.7. The third-order valence-electron chi connectivity index (χ3n) is 9.60. The largest absolute Gasteiger partial charge is 0.467 e. The molecule has 5 rings (SSSR count). The predicted octanol–water partition coefficient (Wildman–Crippen LogP) is 1.88. The summed E-state index contributed by atoms with van der Waals surface area (Å²) in [5.74, 6) is 0.678. The number of amides is 3. The fourth-order valence-electron chi connectivity index (χ4n) is 7.19. The molecule has 9 atom stereocenters. The maximum atomic E-state index is 13.7. The van der Waals surface area contributed by atoms with Crippen LogP contribution in [0, 0.1) is 23.7 Å². The van der Waals surface area contributed by atoms with Crippen molar-refractivity contribution in [3.05, 3.63) is 0 Å². The van der Waals surface area contributed by atoms with Gasteiger partial charge >= 0.3 is 12.1 Å². The number of rotatable bonds is 3. The summed E-state index contributed by atoms with van der Waals surface area (Å²) in [6.45, 7) is 2.23. The zero-order valence-electron chi connectivity index (χ0n) is 21.9. The number of esters is 1. The molecular formula is C27H41N3O7. The van der Waals surface area contributed by atoms with Gasteiger partial charge in [-0.05, 0) is 55.8 Å². The summed E-state index contributed by atoms with van der Waals surface area (Å²) >= 11 is 0. The highest BCUT2D eigenvalue weighted by Gasteiger charge is 2.62. The molecule has 3 saturated carbocycles. The fourth-order valence-corrected chi connectivity index (χ4v) is 7.19. The molecule has 37 heavy (non-hydrogen) atoms. The Labute approximate surface area is 218 Å². The molecule has 206 valence electrons. The van der Waals surface area contributed by atoms with Crippen molar-refractivity contribution in [2.24, 2.45) is 23.7 Å². The van der Waals surface area contributed by atoms with Crippen LogP contribution < -0.4 is 10.6 Å². The van der Waals surface area contributed by atoms with Crippen molar-refractivity contribution in [2.75, 3.05) is 13.7 Å². The summed E-state index contributed by atoms with van der Waals surface area (Å²) in [5.41, 5.74) is -1.06. The van der Waals surface area contributed by atoms with E-state index in [1.54, 1.807) is 0 Å². The van der Waals surface area contributed by atoms with Gasteiger partial charge < -0.3 is 30.1 Å². The number of nitrogens with one attached hydrogen (secondary N) is 2. The smallest absolute Gasteiger partial charge is 0.408 e. The minimum absolute atomic E-state index is 0.00265. The second-order valence-electron chi connectivity index (χ2n) is 12.0. The first-order chi connectivity index (χ1) is 17.7. The number of aliphatic hydroxyl groups is 1. The molecule has 5 fully saturated rings. The van der Waals surface area contributed by atoms with Crippen LogP contribution in [0.1, 0.15) is 77.6 Å². The lowest BCUT2D eigenvalue weighted by Gasteiger charge is -2.30. The van der Waals surface area contributed by atoms with Gasteiger partial charge in [0, 0.05) is 13.0 Å². The molecule has 0 radical (unpaired) electrons. The zero-order valence-corrected chi connectivity index (χ0v) is 21.9. The van der Waals surface area contributed by atoms with E-state index in [0.717, 1.165) is 51.4 Å². The van der Waals surface area contributed by atoms with Crippen molar-refractivity contribution in [3.8, 4) is 0 Å². The molecule has 1 unspecified atom stereocenters. The average Bonchev–Trinajstić information content (AvgIpc) is 3.53. The lowest BCUT2D eigenvalue weighted by molar-refractivity contribution is -0.148. The van der Waals surface area contributed by atoms with Gasteiger partial charge in [0.05, 0.1) is 13.2 Å². The number of carbonyl (C=O) groups is 4. The van der Waals surface area contributed by atoms with Gasteiger partial charge in [-0.1, -0.05) is 39.0 Å². The Hall–Kier alpha value is -2.36. The quantitative estimate of drug-likeness (QED) is 0.485. The third kappa shape index (κ3) is 5.31. The number of alkyl carbamates (subject to hydrolysis) is 1. The van der Waals surface area contributed by atoms with Gasteiger partial charge in [0.2, 0.25) is 11.8 Å². The van der Waals surface area contributed by atoms with Crippen molar-refractivity contribution in [2.45, 2.75) is 107 Å². The first-order valence-corrected chi connectivity index (χ1v) is 14.1. The minimum atomic E-state index is -1.06. The van der Waals surface area contributed by atoms with E-state index in [-0.39, 0.29) is 25.0 Å². The first-order valence-electron chi connectivity index (χ1n) is 14.1. The van der Waals surface area contributed by atoms with E-state index in [1.165, 1.54) is 12.0 Å². The van der Waals surface area contributed by atoms with Gasteiger partial charge in [0.15, 0.2) is 0 Å². The standard InChI is InChI=1S/C27H41N3O7/c1-15-19-11-18(12-20(15)19)37-26(35)28-21-9-7-5-3-4-6-8-16-13-27(16,25(34)36-2)29-23(32)22-10-17(31)14-30(22)24(21)33/h15-22,31H,3-14H2,1-2H3,(H,28,35)(H,29,32)/t15-,16-,17+,18?,19+,20-,21+,22+,27-/m1/s1. The number of hydrogen-bond donors (Lipinski definition) is 3. The Morgan fingerprint density at radius 2 is 1.73 bits per heavy atom. The van der Waals surface area contributed by atoms with E-state index in [2.05, 4.69) is 17.6 Å². The highest BCUT2D eigenvalue weighted by Crippen LogP contribution is 2.57. The number of ether oxygens (including phenoxy) is 2. The van der Waals surface area contributed by atoms with E-state index >= 15 is 0 Å². The van der Waals surface area contributed by atoms with Gasteiger partial charge in [-0.2, -0.15) is 0 Å². The van der Waals surface area contributed by atoms with Crippen molar-refractivity contribution in [1.29, 1.82) is 0 Å². The lowest BCUT2D eigenvalue weighted by Crippen LogP contribution is -2.56. The topological polar surface area (TPSA) is 134 Å². The number of fused-ring (bicyclic) bond motifs is 3. The maximum Gasteiger partial charge on any atom is 0.408 e. The average molecular weight is 520 g/mol. The summed E-state index contributed by atoms with van der Waals surface area (Å²) < 4.78 is 10.7. The summed E-state index contributed by atoms with van der Waals surface area (Å²) in [5, 5.41) is 16.1. The Kier molecular flexibility index (Phi) is 7.40. The summed E-state index contributed by atoms with van der Waals surface area (Å²) in [7, 11) is 1.31. The Bertz CT molecular complexity index is 916. The van der Waals surface area contributed by atoms with Gasteiger partial charge in [-0.3, -0.25) is 9.59 Å². The SMILES string of the molecule is COC(=O)[C@@]12C[C@H]1CCCCCCC[C@H](NC(=O)OC1C[C@@H]3[C@H](C)[C@@H]3C1)C(=O)N1C[C@@H](O)C[C@H]1C(=O)N2. The van der Waals surface area contributed by atoms with Crippen LogP contribution in [0.2, 0.25) is 0 Å². The summed E-state index contributed by atoms with van der Waals surface area (Å²) in [6, 6.07) is -1.75. The molecule has 0 aromatic heterocycles. The second-order valence-corrected chi connectivity index (χ2v) is 12.0. The molecular weight excluding hydrogens is 478 g/mol. The number of methoxy groups -OCH3 is 1. The number of carbonyl (C=O) groups excluding carboxylic acids is 4. The van der Waals surface area contributed by atoms with Gasteiger partial charge in [0.1, 0.15) is 23.7 Å². The summed E-state index contributed by atoms with van der Waals surface area (Å²) in [6.07, 6.45) is 6.66. The van der Waals surface area contributed by atoms with Crippen LogP contribution in [-0.2, 0) is 23.9 Å². The van der Waals surface area contributed by atoms with E-state index in [4.69, 9.17) is 9.47 Å². The van der Waals surface area contributed by atoms with Crippen molar-refractivity contribution in [1.82, 2.24) is 15.5 Å². The molecule has 2 heterocycles. The zero-order chi connectivity index (χ0) is 26.3. The van der Waals surface area contributed by atoms with Crippen LogP contribution in [-0.4, -0.2) is 77.4 Å². The van der Waals surface area contributed by atoms with Crippen LogP contribution >= 0.6 is 0 Å². The highest BCUT2D eigenvalue weighted by molar-refractivity contribution is 5.96.